The molecule has 7 nitrogen and oxygen atoms in total. The number of carbonyl (C=O) groups excluding carboxylic acids is 1. The minimum absolute atomic E-state index is 0.0912. The average Bonchev–Trinajstić information content (AvgIpc) is 2.94. The molecule has 0 bridgehead atoms. The maximum Gasteiger partial charge on any atom is 0.270 e. The molecule has 2 aromatic rings. The Kier molecular flexibility index (Phi) is 6.50. The highest BCUT2D eigenvalue weighted by atomic mass is 32.2. The first-order valence-corrected chi connectivity index (χ1v) is 9.90. The number of aryl methyl sites for hydroxylation is 1. The highest BCUT2D eigenvalue weighted by Crippen LogP contribution is 2.34. The quantitative estimate of drug-likeness (QED) is 0.214. The number of nitro groups is 1. The third kappa shape index (κ3) is 5.12. The number of thiocarbonyl (C=S) groups is 1. The fraction of sp³-hybridized carbons (Fsp3) is 0.200. The highest BCUT2D eigenvalue weighted by Gasteiger charge is 2.29. The lowest BCUT2D eigenvalue weighted by Gasteiger charge is -2.11. The molecule has 1 saturated heterocycles. The summed E-state index contributed by atoms with van der Waals surface area (Å²) in [6.45, 7) is 2.53. The van der Waals surface area contributed by atoms with E-state index in [1.165, 1.54) is 23.1 Å². The Labute approximate surface area is 177 Å². The van der Waals surface area contributed by atoms with Gasteiger partial charge in [-0.1, -0.05) is 41.7 Å². The first-order valence-electron chi connectivity index (χ1n) is 8.67. The summed E-state index contributed by atoms with van der Waals surface area (Å²) in [6, 6.07) is 11.9. The van der Waals surface area contributed by atoms with Gasteiger partial charge in [0, 0.05) is 24.7 Å². The van der Waals surface area contributed by atoms with E-state index in [4.69, 9.17) is 21.7 Å². The van der Waals surface area contributed by atoms with Gasteiger partial charge in [0.1, 0.15) is 29.0 Å². The molecule has 2 aromatic carbocycles. The number of rotatable bonds is 7. The second kappa shape index (κ2) is 9.06. The molecule has 1 fully saturated rings. The third-order valence-corrected chi connectivity index (χ3v) is 5.59. The molecule has 0 unspecified atom stereocenters. The molecule has 1 amide bonds. The lowest BCUT2D eigenvalue weighted by Crippen LogP contribution is -2.22. The number of ether oxygens (including phenoxy) is 2. The first kappa shape index (κ1) is 20.8. The van der Waals surface area contributed by atoms with E-state index in [1.807, 2.05) is 31.2 Å². The minimum atomic E-state index is -0.493. The monoisotopic (exact) mass is 430 g/mol. The Morgan fingerprint density at radius 2 is 1.86 bits per heavy atom. The SMILES string of the molecule is Cc1ccc(OCCOc2ccc([N+](=O)[O-])cc2/C=C2\SC(=S)N(C)C2=O)cc1. The number of nitro benzene ring substituents is 1. The van der Waals surface area contributed by atoms with Crippen LogP contribution in [0.3, 0.4) is 0 Å². The van der Waals surface area contributed by atoms with E-state index in [0.717, 1.165) is 23.1 Å². The number of carbonyl (C=O) groups is 1. The molecule has 1 heterocycles. The van der Waals surface area contributed by atoms with Crippen molar-refractivity contribution in [1.82, 2.24) is 4.90 Å². The van der Waals surface area contributed by atoms with Crippen molar-refractivity contribution < 1.29 is 19.2 Å². The van der Waals surface area contributed by atoms with Gasteiger partial charge in [0.25, 0.3) is 11.6 Å². The van der Waals surface area contributed by atoms with Crippen LogP contribution in [-0.4, -0.2) is 40.3 Å². The number of likely N-dealkylation sites (N-methyl/N-ethyl adjacent to an activating group) is 1. The summed E-state index contributed by atoms with van der Waals surface area (Å²) in [7, 11) is 1.59. The van der Waals surface area contributed by atoms with Gasteiger partial charge in [0.05, 0.1) is 9.83 Å². The molecule has 0 atom stereocenters. The minimum Gasteiger partial charge on any atom is -0.490 e. The lowest BCUT2D eigenvalue weighted by molar-refractivity contribution is -0.384. The van der Waals surface area contributed by atoms with Crippen molar-refractivity contribution in [1.29, 1.82) is 0 Å². The number of hydrogen-bond acceptors (Lipinski definition) is 7. The molecule has 0 spiro atoms. The van der Waals surface area contributed by atoms with E-state index in [0.29, 0.717) is 27.1 Å². The van der Waals surface area contributed by atoms with E-state index in [1.54, 1.807) is 13.1 Å². The summed E-state index contributed by atoms with van der Waals surface area (Å²) in [4.78, 5) is 24.6. The predicted molar refractivity (Wildman–Crippen MR) is 116 cm³/mol. The van der Waals surface area contributed by atoms with Crippen LogP contribution in [0.4, 0.5) is 5.69 Å². The van der Waals surface area contributed by atoms with Crippen LogP contribution in [0.5, 0.6) is 11.5 Å². The summed E-state index contributed by atoms with van der Waals surface area (Å²) in [5.41, 5.74) is 1.48. The van der Waals surface area contributed by atoms with Crippen LogP contribution in [0.25, 0.3) is 6.08 Å². The summed E-state index contributed by atoms with van der Waals surface area (Å²) in [5, 5.41) is 11.1. The van der Waals surface area contributed by atoms with Gasteiger partial charge in [0.15, 0.2) is 0 Å². The normalized spacial score (nSPS) is 15.1. The summed E-state index contributed by atoms with van der Waals surface area (Å²) < 4.78 is 11.8. The van der Waals surface area contributed by atoms with Crippen molar-refractivity contribution in [2.75, 3.05) is 20.3 Å². The van der Waals surface area contributed by atoms with Crippen LogP contribution < -0.4 is 9.47 Å². The summed E-state index contributed by atoms with van der Waals surface area (Å²) >= 11 is 6.27. The maximum atomic E-state index is 12.2. The van der Waals surface area contributed by atoms with E-state index in [-0.39, 0.29) is 18.2 Å². The Morgan fingerprint density at radius 1 is 1.17 bits per heavy atom. The smallest absolute Gasteiger partial charge is 0.270 e. The highest BCUT2D eigenvalue weighted by molar-refractivity contribution is 8.26. The van der Waals surface area contributed by atoms with Gasteiger partial charge < -0.3 is 9.47 Å². The molecule has 0 saturated carbocycles. The lowest BCUT2D eigenvalue weighted by atomic mass is 10.1. The van der Waals surface area contributed by atoms with Crippen LogP contribution in [0.15, 0.2) is 47.4 Å². The molecule has 1 aliphatic rings. The van der Waals surface area contributed by atoms with Gasteiger partial charge in [-0.05, 0) is 31.2 Å². The van der Waals surface area contributed by atoms with E-state index in [2.05, 4.69) is 0 Å². The zero-order valence-corrected chi connectivity index (χ0v) is 17.4. The van der Waals surface area contributed by atoms with E-state index < -0.39 is 4.92 Å². The standard InChI is InChI=1S/C20H18N2O5S2/c1-13-3-6-16(7-4-13)26-9-10-27-17-8-5-15(22(24)25)11-14(17)12-18-19(23)21(2)20(28)29-18/h3-8,11-12H,9-10H2,1-2H3/b18-12-. The maximum absolute atomic E-state index is 12.2. The molecular formula is C20H18N2O5S2. The van der Waals surface area contributed by atoms with Crippen molar-refractivity contribution in [3.63, 3.8) is 0 Å². The Morgan fingerprint density at radius 3 is 2.48 bits per heavy atom. The van der Waals surface area contributed by atoms with E-state index >= 15 is 0 Å². The molecule has 0 radical (unpaired) electrons. The zero-order valence-electron chi connectivity index (χ0n) is 15.8. The molecule has 0 aromatic heterocycles. The molecule has 9 heteroatoms. The van der Waals surface area contributed by atoms with Gasteiger partial charge in [-0.25, -0.2) is 0 Å². The van der Waals surface area contributed by atoms with Crippen LogP contribution in [0.1, 0.15) is 11.1 Å². The predicted octanol–water partition coefficient (Wildman–Crippen LogP) is 4.19. The number of benzene rings is 2. The van der Waals surface area contributed by atoms with Crippen molar-refractivity contribution in [3.8, 4) is 11.5 Å². The third-order valence-electron chi connectivity index (χ3n) is 4.11. The van der Waals surface area contributed by atoms with Crippen LogP contribution in [-0.2, 0) is 4.79 Å². The Hall–Kier alpha value is -2.91. The molecule has 0 aliphatic carbocycles. The van der Waals surface area contributed by atoms with Crippen LogP contribution in [0.2, 0.25) is 0 Å². The number of nitrogens with zero attached hydrogens (tertiary/aromatic N) is 2. The van der Waals surface area contributed by atoms with Crippen molar-refractivity contribution in [2.45, 2.75) is 6.92 Å². The van der Waals surface area contributed by atoms with Crippen molar-refractivity contribution in [2.24, 2.45) is 0 Å². The second-order valence-electron chi connectivity index (χ2n) is 6.23. The zero-order chi connectivity index (χ0) is 21.0. The average molecular weight is 431 g/mol. The van der Waals surface area contributed by atoms with Gasteiger partial charge in [0.2, 0.25) is 0 Å². The summed E-state index contributed by atoms with van der Waals surface area (Å²) in [5.74, 6) is 0.902. The Balaban J connectivity index is 1.74. The fourth-order valence-electron chi connectivity index (χ4n) is 2.53. The second-order valence-corrected chi connectivity index (χ2v) is 7.91. The number of amides is 1. The van der Waals surface area contributed by atoms with E-state index in [9.17, 15) is 14.9 Å². The van der Waals surface area contributed by atoms with Crippen LogP contribution >= 0.6 is 24.0 Å². The van der Waals surface area contributed by atoms with Crippen molar-refractivity contribution in [3.05, 3.63) is 68.6 Å². The number of non-ortho nitro benzene ring substituents is 1. The van der Waals surface area contributed by atoms with Gasteiger partial charge in [-0.15, -0.1) is 0 Å². The molecule has 29 heavy (non-hydrogen) atoms. The molecule has 150 valence electrons. The molecule has 1 aliphatic heterocycles. The topological polar surface area (TPSA) is 81.9 Å². The van der Waals surface area contributed by atoms with Gasteiger partial charge in [-0.2, -0.15) is 0 Å². The van der Waals surface area contributed by atoms with Gasteiger partial charge >= 0.3 is 0 Å². The Bertz CT molecular complexity index is 989. The molecule has 0 N–H and O–H groups in total. The summed E-state index contributed by atoms with van der Waals surface area (Å²) in [6.07, 6.45) is 1.56. The fourth-order valence-corrected chi connectivity index (χ4v) is 3.70. The first-order chi connectivity index (χ1) is 13.8. The number of thioether (sulfide) groups is 1. The molecule has 3 rings (SSSR count). The van der Waals surface area contributed by atoms with Gasteiger partial charge in [-0.3, -0.25) is 19.8 Å². The molecular weight excluding hydrogens is 412 g/mol. The van der Waals surface area contributed by atoms with Crippen LogP contribution in [0, 0.1) is 17.0 Å². The largest absolute Gasteiger partial charge is 0.490 e. The number of hydrogen-bond donors (Lipinski definition) is 0. The van der Waals surface area contributed by atoms with Crippen molar-refractivity contribution >= 4 is 46.0 Å².